The zero-order valence-electron chi connectivity index (χ0n) is 9.00. The third-order valence-electron chi connectivity index (χ3n) is 1.70. The average Bonchev–Trinajstić information content (AvgIpc) is 2.11. The van der Waals surface area contributed by atoms with Crippen LogP contribution in [-0.2, 0) is 0 Å². The van der Waals surface area contributed by atoms with Gasteiger partial charge in [0.15, 0.2) is 0 Å². The number of nitrogens with zero attached hydrogens (tertiary/aromatic N) is 4. The lowest BCUT2D eigenvalue weighted by Gasteiger charge is -2.26. The Hall–Kier alpha value is -0.220. The molecule has 1 rings (SSSR count). The van der Waals surface area contributed by atoms with E-state index in [2.05, 4.69) is 22.2 Å². The van der Waals surface area contributed by atoms with Gasteiger partial charge in [-0.3, -0.25) is 0 Å². The second-order valence-electron chi connectivity index (χ2n) is 3.12. The maximum absolute atomic E-state index is 14.2. The van der Waals surface area contributed by atoms with Crippen LogP contribution in [0.1, 0.15) is 0 Å². The first-order chi connectivity index (χ1) is 8.14. The first-order valence-electron chi connectivity index (χ1n) is 4.51. The normalized spacial score (nSPS) is 28.8. The van der Waals surface area contributed by atoms with Crippen LogP contribution in [0.2, 0.25) is 0 Å². The monoisotopic (exact) mass is 326 g/mol. The molecule has 0 radical (unpaired) electrons. The Labute approximate surface area is 102 Å². The molecule has 0 N–H and O–H groups in total. The van der Waals surface area contributed by atoms with E-state index in [1.54, 1.807) is 0 Å². The Bertz CT molecular complexity index is 500. The molecule has 0 amide bonds. The lowest BCUT2D eigenvalue weighted by Crippen LogP contribution is -2.18. The highest BCUT2D eigenvalue weighted by Crippen LogP contribution is 2.82. The van der Waals surface area contributed by atoms with Crippen molar-refractivity contribution in [1.29, 1.82) is 0 Å². The summed E-state index contributed by atoms with van der Waals surface area (Å²) >= 11 is 0. The third-order valence-corrected chi connectivity index (χ3v) is 8.01. The van der Waals surface area contributed by atoms with E-state index in [9.17, 15) is 21.0 Å². The van der Waals surface area contributed by atoms with Gasteiger partial charge in [0.1, 0.15) is 0 Å². The minimum atomic E-state index is -5.66. The van der Waals surface area contributed by atoms with Crippen LogP contribution in [-0.4, -0.2) is 17.8 Å². The van der Waals surface area contributed by atoms with Crippen LogP contribution >= 0.6 is 23.3 Å². The van der Waals surface area contributed by atoms with Gasteiger partial charge in [-0.15, -0.1) is 43.5 Å². The summed E-state index contributed by atoms with van der Waals surface area (Å²) in [6.07, 6.45) is 2.38. The fourth-order valence-corrected chi connectivity index (χ4v) is 7.32. The summed E-state index contributed by atoms with van der Waals surface area (Å²) in [5.41, 5.74) is 0. The zero-order valence-corrected chi connectivity index (χ0v) is 11.7. The Kier molecular flexibility index (Phi) is 4.76. The SMILES string of the molecule is C=CCN(CC=C)P1(F)=NP(F)(F)=NP(F)(F)=N1. The van der Waals surface area contributed by atoms with E-state index >= 15 is 0 Å². The van der Waals surface area contributed by atoms with Gasteiger partial charge >= 0.3 is 23.3 Å². The maximum Gasteiger partial charge on any atom is 0.424 e. The van der Waals surface area contributed by atoms with Crippen LogP contribution in [0.25, 0.3) is 0 Å². The predicted molar refractivity (Wildman–Crippen MR) is 65.6 cm³/mol. The average molecular weight is 326 g/mol. The summed E-state index contributed by atoms with van der Waals surface area (Å²) in [6.45, 7) is 6.12. The molecule has 1 atom stereocenters. The molecule has 1 unspecified atom stereocenters. The molecule has 0 spiro atoms. The van der Waals surface area contributed by atoms with Crippen molar-refractivity contribution in [2.24, 2.45) is 13.5 Å². The minimum absolute atomic E-state index is 0.233. The smallest absolute Gasteiger partial charge is 0.219 e. The fourth-order valence-electron chi connectivity index (χ4n) is 1.15. The summed E-state index contributed by atoms with van der Waals surface area (Å²) in [7, 11) is -16.1. The van der Waals surface area contributed by atoms with E-state index in [-0.39, 0.29) is 13.1 Å². The number of hydrogen-bond acceptors (Lipinski definition) is 4. The predicted octanol–water partition coefficient (Wildman–Crippen LogP) is 6.36. The number of halogens is 5. The largest absolute Gasteiger partial charge is 0.424 e. The Morgan fingerprint density at radius 3 is 1.67 bits per heavy atom. The number of hydrogen-bond donors (Lipinski definition) is 0. The zero-order chi connectivity index (χ0) is 14.0. The molecule has 0 bridgehead atoms. The fraction of sp³-hybridized carbons (Fsp3) is 0.333. The lowest BCUT2D eigenvalue weighted by atomic mass is 10.5. The summed E-state index contributed by atoms with van der Waals surface area (Å²) in [5.74, 6) is 0. The van der Waals surface area contributed by atoms with Crippen LogP contribution in [0.15, 0.2) is 38.9 Å². The molecule has 18 heavy (non-hydrogen) atoms. The Balaban J connectivity index is 3.39. The molecule has 0 aliphatic carbocycles. The van der Waals surface area contributed by atoms with E-state index in [0.29, 0.717) is 4.67 Å². The van der Waals surface area contributed by atoms with Crippen molar-refractivity contribution in [3.8, 4) is 0 Å². The van der Waals surface area contributed by atoms with Crippen molar-refractivity contribution in [1.82, 2.24) is 4.67 Å². The van der Waals surface area contributed by atoms with Gasteiger partial charge in [0.2, 0.25) is 0 Å². The minimum Gasteiger partial charge on any atom is -0.219 e. The van der Waals surface area contributed by atoms with Crippen LogP contribution in [0, 0.1) is 0 Å². The highest BCUT2D eigenvalue weighted by atomic mass is 31.3. The molecule has 104 valence electrons. The molecule has 12 heteroatoms. The van der Waals surface area contributed by atoms with E-state index < -0.39 is 23.3 Å². The molecular formula is C6H10F5N4P3. The van der Waals surface area contributed by atoms with Gasteiger partial charge < -0.3 is 0 Å². The quantitative estimate of drug-likeness (QED) is 0.329. The van der Waals surface area contributed by atoms with Crippen LogP contribution in [0.4, 0.5) is 21.0 Å². The Morgan fingerprint density at radius 2 is 1.28 bits per heavy atom. The summed E-state index contributed by atoms with van der Waals surface area (Å²) in [5, 5.41) is 0. The highest BCUT2D eigenvalue weighted by molar-refractivity contribution is 7.78. The molecule has 0 aromatic heterocycles. The van der Waals surface area contributed by atoms with Crippen LogP contribution < -0.4 is 0 Å². The molecule has 0 fully saturated rings. The Morgan fingerprint density at radius 1 is 0.833 bits per heavy atom. The second kappa shape index (κ2) is 5.41. The molecule has 0 saturated heterocycles. The van der Waals surface area contributed by atoms with Gasteiger partial charge in [-0.2, -0.15) is 4.20 Å². The summed E-state index contributed by atoms with van der Waals surface area (Å²) in [6, 6.07) is 0. The molecular weight excluding hydrogens is 316 g/mol. The summed E-state index contributed by atoms with van der Waals surface area (Å²) < 4.78 is 74.0. The highest BCUT2D eigenvalue weighted by Gasteiger charge is 2.41. The molecule has 0 aromatic carbocycles. The van der Waals surface area contributed by atoms with E-state index in [1.807, 2.05) is 4.52 Å². The van der Waals surface area contributed by atoms with Gasteiger partial charge in [-0.05, 0) is 0 Å². The molecule has 0 saturated carbocycles. The first kappa shape index (κ1) is 15.8. The molecule has 4 nitrogen and oxygen atoms in total. The van der Waals surface area contributed by atoms with Crippen molar-refractivity contribution < 1.29 is 21.0 Å². The van der Waals surface area contributed by atoms with Crippen LogP contribution in [0.5, 0.6) is 0 Å². The van der Waals surface area contributed by atoms with E-state index in [1.165, 1.54) is 12.2 Å². The first-order valence-corrected chi connectivity index (χ1v) is 9.00. The van der Waals surface area contributed by atoms with Crippen molar-refractivity contribution in [3.63, 3.8) is 0 Å². The van der Waals surface area contributed by atoms with E-state index in [4.69, 9.17) is 0 Å². The third kappa shape index (κ3) is 3.89. The molecule has 1 aliphatic rings. The molecule has 0 aromatic rings. The van der Waals surface area contributed by atoms with Crippen molar-refractivity contribution >= 4 is 23.3 Å². The molecule has 1 aliphatic heterocycles. The summed E-state index contributed by atoms with van der Waals surface area (Å²) in [4.78, 5) is 0. The van der Waals surface area contributed by atoms with Crippen molar-refractivity contribution in [2.45, 2.75) is 0 Å². The topological polar surface area (TPSA) is 40.3 Å². The van der Waals surface area contributed by atoms with Gasteiger partial charge in [0.25, 0.3) is 0 Å². The van der Waals surface area contributed by atoms with Gasteiger partial charge in [0, 0.05) is 13.1 Å². The lowest BCUT2D eigenvalue weighted by molar-refractivity contribution is 0.516. The van der Waals surface area contributed by atoms with Crippen LogP contribution in [0.3, 0.4) is 0 Å². The van der Waals surface area contributed by atoms with Crippen molar-refractivity contribution in [2.75, 3.05) is 13.1 Å². The maximum atomic E-state index is 14.2. The second-order valence-corrected chi connectivity index (χ2v) is 8.65. The van der Waals surface area contributed by atoms with Gasteiger partial charge in [-0.25, -0.2) is 4.67 Å². The molecule has 1 heterocycles. The number of rotatable bonds is 5. The van der Waals surface area contributed by atoms with Crippen molar-refractivity contribution in [3.05, 3.63) is 25.3 Å². The van der Waals surface area contributed by atoms with E-state index in [0.717, 1.165) is 0 Å². The van der Waals surface area contributed by atoms with Gasteiger partial charge in [0.05, 0.1) is 0 Å². The standard InChI is InChI=1S/C6H10F5N4P3/c1-3-5-15(6-4-2)18(11)13-16(7,8)12-17(9,10)14-18/h3-4H,1-2,5-6H2. The van der Waals surface area contributed by atoms with Gasteiger partial charge in [-0.1, -0.05) is 12.2 Å².